The smallest absolute Gasteiger partial charge is 0.126 e. The molecule has 0 radical (unpaired) electrons. The number of rotatable bonds is 7. The van der Waals surface area contributed by atoms with Gasteiger partial charge in [-0.25, -0.2) is 0 Å². The third kappa shape index (κ3) is 11.5. The monoisotopic (exact) mass is 432 g/mol. The molecule has 32 heavy (non-hydrogen) atoms. The van der Waals surface area contributed by atoms with Gasteiger partial charge in [-0.15, -0.1) is 0 Å². The van der Waals surface area contributed by atoms with Gasteiger partial charge in [0, 0.05) is 12.7 Å². The normalized spacial score (nSPS) is 10.4. The topological polar surface area (TPSA) is 18.5 Å². The molecule has 0 saturated carbocycles. The Bertz CT molecular complexity index is 809. The Morgan fingerprint density at radius 3 is 1.53 bits per heavy atom. The molecule has 0 unspecified atom stereocenters. The van der Waals surface area contributed by atoms with Gasteiger partial charge in [-0.05, 0) is 36.0 Å². The summed E-state index contributed by atoms with van der Waals surface area (Å²) in [4.78, 5) is 0. The summed E-state index contributed by atoms with van der Waals surface area (Å²) >= 11 is 0. The van der Waals surface area contributed by atoms with Crippen molar-refractivity contribution in [2.75, 3.05) is 20.3 Å². The molecule has 0 bridgehead atoms. The average molecular weight is 433 g/mol. The first kappa shape index (κ1) is 27.2. The molecule has 0 aliphatic carbocycles. The number of methoxy groups -OCH3 is 1. The minimum absolute atomic E-state index is 0.588. The van der Waals surface area contributed by atoms with Gasteiger partial charge in [0.25, 0.3) is 0 Å². The van der Waals surface area contributed by atoms with Gasteiger partial charge >= 0.3 is 0 Å². The lowest BCUT2D eigenvalue weighted by Crippen LogP contribution is -2.04. The van der Waals surface area contributed by atoms with Gasteiger partial charge in [-0.3, -0.25) is 0 Å². The molecule has 0 aromatic heterocycles. The minimum atomic E-state index is 0.588. The Kier molecular flexibility index (Phi) is 14.3. The summed E-state index contributed by atoms with van der Waals surface area (Å²) in [5.41, 5.74) is 3.93. The number of ether oxygens (including phenoxy) is 2. The van der Waals surface area contributed by atoms with Crippen LogP contribution < -0.4 is 4.74 Å². The molecule has 0 aliphatic rings. The van der Waals surface area contributed by atoms with E-state index in [9.17, 15) is 0 Å². The number of para-hydroxylation sites is 1. The summed E-state index contributed by atoms with van der Waals surface area (Å²) in [7, 11) is 1.67. The third-order valence-electron chi connectivity index (χ3n) is 4.74. The van der Waals surface area contributed by atoms with Crippen LogP contribution in [0.1, 0.15) is 63.1 Å². The standard InChI is InChI=1S/C12H16O2.2C9H12/c1-3-6-11-7-4-5-8-12(11)14-10-9-13-2;2*1-8(2)9-6-4-3-5-7-9/h3-8H,9-10H2,1-2H3;2*3-8H,1-2H3/b6-3+;;. The van der Waals surface area contributed by atoms with Crippen LogP contribution in [0.5, 0.6) is 5.75 Å². The summed E-state index contributed by atoms with van der Waals surface area (Å²) in [5, 5.41) is 0. The highest BCUT2D eigenvalue weighted by Crippen LogP contribution is 2.19. The molecule has 0 fully saturated rings. The molecule has 0 amide bonds. The first-order valence-electron chi connectivity index (χ1n) is 11.4. The van der Waals surface area contributed by atoms with E-state index in [4.69, 9.17) is 9.47 Å². The maximum absolute atomic E-state index is 5.55. The van der Waals surface area contributed by atoms with E-state index < -0.39 is 0 Å². The van der Waals surface area contributed by atoms with Crippen molar-refractivity contribution in [1.29, 1.82) is 0 Å². The first-order chi connectivity index (χ1) is 15.5. The van der Waals surface area contributed by atoms with E-state index in [0.29, 0.717) is 25.0 Å². The van der Waals surface area contributed by atoms with Crippen LogP contribution in [0, 0.1) is 0 Å². The fraction of sp³-hybridized carbons (Fsp3) is 0.333. The van der Waals surface area contributed by atoms with Crippen molar-refractivity contribution in [2.45, 2.75) is 46.5 Å². The van der Waals surface area contributed by atoms with Crippen LogP contribution in [0.3, 0.4) is 0 Å². The molecule has 0 heterocycles. The molecule has 2 nitrogen and oxygen atoms in total. The Morgan fingerprint density at radius 1 is 0.656 bits per heavy atom. The van der Waals surface area contributed by atoms with E-state index >= 15 is 0 Å². The fourth-order valence-electron chi connectivity index (χ4n) is 2.84. The number of allylic oxidation sites excluding steroid dienone is 1. The highest BCUT2D eigenvalue weighted by Gasteiger charge is 1.98. The second-order valence-electron chi connectivity index (χ2n) is 8.01. The van der Waals surface area contributed by atoms with Gasteiger partial charge in [-0.2, -0.15) is 0 Å². The molecule has 0 atom stereocenters. The predicted octanol–water partition coefficient (Wildman–Crippen LogP) is 8.36. The van der Waals surface area contributed by atoms with Gasteiger partial charge in [0.2, 0.25) is 0 Å². The molecule has 2 heteroatoms. The van der Waals surface area contributed by atoms with E-state index in [1.54, 1.807) is 7.11 Å². The van der Waals surface area contributed by atoms with Gasteiger partial charge in [0.1, 0.15) is 12.4 Å². The SMILES string of the molecule is C/C=C/c1ccccc1OCCOC.CC(C)c1ccccc1.CC(C)c1ccccc1. The summed E-state index contributed by atoms with van der Waals surface area (Å²) in [6.07, 6.45) is 4.03. The van der Waals surface area contributed by atoms with Crippen LogP contribution in [0.15, 0.2) is 91.0 Å². The summed E-state index contributed by atoms with van der Waals surface area (Å²) in [5.74, 6) is 2.22. The lowest BCUT2D eigenvalue weighted by molar-refractivity contribution is 0.146. The van der Waals surface area contributed by atoms with Crippen LogP contribution in [-0.4, -0.2) is 20.3 Å². The van der Waals surface area contributed by atoms with Crippen LogP contribution in [0.2, 0.25) is 0 Å². The quantitative estimate of drug-likeness (QED) is 0.349. The van der Waals surface area contributed by atoms with Crippen molar-refractivity contribution in [3.8, 4) is 5.75 Å². The van der Waals surface area contributed by atoms with Crippen molar-refractivity contribution >= 4 is 6.08 Å². The van der Waals surface area contributed by atoms with Gasteiger partial charge in [0.05, 0.1) is 6.61 Å². The Hall–Kier alpha value is -2.84. The van der Waals surface area contributed by atoms with Crippen molar-refractivity contribution in [1.82, 2.24) is 0 Å². The van der Waals surface area contributed by atoms with E-state index in [1.807, 2.05) is 55.5 Å². The van der Waals surface area contributed by atoms with Crippen molar-refractivity contribution < 1.29 is 9.47 Å². The van der Waals surface area contributed by atoms with Crippen LogP contribution in [0.25, 0.3) is 6.08 Å². The highest BCUT2D eigenvalue weighted by molar-refractivity contribution is 5.56. The second kappa shape index (κ2) is 16.8. The molecule has 0 spiro atoms. The van der Waals surface area contributed by atoms with Crippen LogP contribution >= 0.6 is 0 Å². The molecule has 0 saturated heterocycles. The Balaban J connectivity index is 0.000000250. The first-order valence-corrected chi connectivity index (χ1v) is 11.4. The highest BCUT2D eigenvalue weighted by atomic mass is 16.5. The number of hydrogen-bond acceptors (Lipinski definition) is 2. The molecule has 0 N–H and O–H groups in total. The third-order valence-corrected chi connectivity index (χ3v) is 4.74. The van der Waals surface area contributed by atoms with Crippen molar-refractivity contribution in [3.05, 3.63) is 108 Å². The molecular formula is C30H40O2. The molecule has 0 aliphatic heterocycles. The Morgan fingerprint density at radius 2 is 1.12 bits per heavy atom. The predicted molar refractivity (Wildman–Crippen MR) is 140 cm³/mol. The zero-order valence-electron chi connectivity index (χ0n) is 20.6. The van der Waals surface area contributed by atoms with E-state index in [-0.39, 0.29) is 0 Å². The van der Waals surface area contributed by atoms with Gasteiger partial charge in [0.15, 0.2) is 0 Å². The largest absolute Gasteiger partial charge is 0.491 e. The number of benzene rings is 3. The van der Waals surface area contributed by atoms with Gasteiger partial charge in [-0.1, -0.05) is 119 Å². The molecular weight excluding hydrogens is 392 g/mol. The Labute approximate surface area is 195 Å². The van der Waals surface area contributed by atoms with Crippen molar-refractivity contribution in [2.24, 2.45) is 0 Å². The zero-order chi connectivity index (χ0) is 23.6. The zero-order valence-corrected chi connectivity index (χ0v) is 20.6. The molecule has 3 aromatic rings. The maximum Gasteiger partial charge on any atom is 0.126 e. The van der Waals surface area contributed by atoms with E-state index in [2.05, 4.69) is 76.2 Å². The van der Waals surface area contributed by atoms with E-state index in [0.717, 1.165) is 11.3 Å². The summed E-state index contributed by atoms with van der Waals surface area (Å²) in [6, 6.07) is 29.0. The van der Waals surface area contributed by atoms with E-state index in [1.165, 1.54) is 11.1 Å². The molecule has 3 rings (SSSR count). The number of hydrogen-bond donors (Lipinski definition) is 0. The minimum Gasteiger partial charge on any atom is -0.491 e. The van der Waals surface area contributed by atoms with Crippen molar-refractivity contribution in [3.63, 3.8) is 0 Å². The fourth-order valence-corrected chi connectivity index (χ4v) is 2.84. The average Bonchev–Trinajstić information content (AvgIpc) is 2.82. The summed E-state index contributed by atoms with van der Waals surface area (Å²) in [6.45, 7) is 12.0. The lowest BCUT2D eigenvalue weighted by atomic mass is 10.0. The van der Waals surface area contributed by atoms with Gasteiger partial charge < -0.3 is 9.47 Å². The summed E-state index contributed by atoms with van der Waals surface area (Å²) < 4.78 is 10.5. The van der Waals surface area contributed by atoms with Crippen LogP contribution in [-0.2, 0) is 4.74 Å². The second-order valence-corrected chi connectivity index (χ2v) is 8.01. The lowest BCUT2D eigenvalue weighted by Gasteiger charge is -2.07. The maximum atomic E-state index is 5.55. The molecule has 172 valence electrons. The molecule has 3 aromatic carbocycles. The van der Waals surface area contributed by atoms with Crippen LogP contribution in [0.4, 0.5) is 0 Å².